The van der Waals surface area contributed by atoms with Crippen molar-refractivity contribution in [3.8, 4) is 0 Å². The van der Waals surface area contributed by atoms with E-state index in [1.165, 1.54) is 7.11 Å². The van der Waals surface area contributed by atoms with Crippen molar-refractivity contribution in [2.24, 2.45) is 0 Å². The summed E-state index contributed by atoms with van der Waals surface area (Å²) in [7, 11) is 1.30. The van der Waals surface area contributed by atoms with Crippen LogP contribution in [0.25, 0.3) is 0 Å². The van der Waals surface area contributed by atoms with Gasteiger partial charge >= 0.3 is 18.0 Å². The Hall–Kier alpha value is -3.35. The van der Waals surface area contributed by atoms with Crippen LogP contribution in [0.2, 0.25) is 0 Å². The van der Waals surface area contributed by atoms with Crippen LogP contribution in [-0.4, -0.2) is 31.6 Å². The van der Waals surface area contributed by atoms with Gasteiger partial charge in [-0.25, -0.2) is 9.59 Å². The summed E-state index contributed by atoms with van der Waals surface area (Å²) in [6, 6.07) is 15.2. The normalized spacial score (nSPS) is 9.88. The molecule has 0 fully saturated rings. The molecule has 0 heterocycles. The average Bonchev–Trinajstić information content (AvgIpc) is 2.66. The molecular weight excluding hydrogens is 336 g/mol. The Morgan fingerprint density at radius 3 is 2.50 bits per heavy atom. The number of carbonyl (C=O) groups is 3. The Labute approximate surface area is 151 Å². The van der Waals surface area contributed by atoms with Crippen molar-refractivity contribution < 1.29 is 23.9 Å². The molecule has 2 rings (SSSR count). The van der Waals surface area contributed by atoms with E-state index in [0.717, 1.165) is 0 Å². The summed E-state index contributed by atoms with van der Waals surface area (Å²) in [5.41, 5.74) is 1.73. The van der Waals surface area contributed by atoms with E-state index in [-0.39, 0.29) is 19.6 Å². The van der Waals surface area contributed by atoms with Gasteiger partial charge in [0.2, 0.25) is 0 Å². The molecule has 2 amide bonds. The fourth-order valence-electron chi connectivity index (χ4n) is 2.12. The molecule has 0 radical (unpaired) electrons. The standard InChI is InChI=1S/C19H20N2O5/c1-25-18(23)15-7-5-6-14(12-15)13-26-17(22)10-11-20-19(24)21-16-8-3-2-4-9-16/h2-9,12H,10-11,13H2,1H3,(H2,20,21,24). The minimum atomic E-state index is -0.452. The predicted molar refractivity (Wildman–Crippen MR) is 95.7 cm³/mol. The summed E-state index contributed by atoms with van der Waals surface area (Å²) in [4.78, 5) is 34.9. The topological polar surface area (TPSA) is 93.7 Å². The van der Waals surface area contributed by atoms with Crippen molar-refractivity contribution in [3.05, 3.63) is 65.7 Å². The molecule has 0 saturated carbocycles. The second-order valence-electron chi connectivity index (χ2n) is 5.35. The number of para-hydroxylation sites is 1. The maximum atomic E-state index is 11.7. The number of rotatable bonds is 7. The van der Waals surface area contributed by atoms with Gasteiger partial charge in [-0.2, -0.15) is 0 Å². The van der Waals surface area contributed by atoms with Crippen LogP contribution in [0.3, 0.4) is 0 Å². The lowest BCUT2D eigenvalue weighted by Crippen LogP contribution is -2.30. The molecule has 0 aliphatic heterocycles. The van der Waals surface area contributed by atoms with Gasteiger partial charge in [-0.3, -0.25) is 4.79 Å². The minimum Gasteiger partial charge on any atom is -0.465 e. The summed E-state index contributed by atoms with van der Waals surface area (Å²) < 4.78 is 9.78. The highest BCUT2D eigenvalue weighted by molar-refractivity contribution is 5.90. The SMILES string of the molecule is COC(=O)c1cccc(COC(=O)CCNC(=O)Nc2ccccc2)c1. The number of amides is 2. The number of urea groups is 1. The molecule has 0 unspecified atom stereocenters. The molecule has 7 heteroatoms. The molecule has 0 spiro atoms. The van der Waals surface area contributed by atoms with Crippen molar-refractivity contribution in [1.29, 1.82) is 0 Å². The number of anilines is 1. The maximum absolute atomic E-state index is 11.7. The molecular formula is C19H20N2O5. The third kappa shape index (κ3) is 6.27. The van der Waals surface area contributed by atoms with Crippen LogP contribution in [0.15, 0.2) is 54.6 Å². The van der Waals surface area contributed by atoms with Gasteiger partial charge in [0.05, 0.1) is 19.1 Å². The summed E-state index contributed by atoms with van der Waals surface area (Å²) in [5, 5.41) is 5.23. The van der Waals surface area contributed by atoms with Crippen LogP contribution >= 0.6 is 0 Å². The van der Waals surface area contributed by atoms with E-state index in [2.05, 4.69) is 15.4 Å². The largest absolute Gasteiger partial charge is 0.465 e. The van der Waals surface area contributed by atoms with E-state index in [9.17, 15) is 14.4 Å². The molecule has 0 saturated heterocycles. The van der Waals surface area contributed by atoms with Gasteiger partial charge in [0.1, 0.15) is 6.61 Å². The Morgan fingerprint density at radius 2 is 1.77 bits per heavy atom. The van der Waals surface area contributed by atoms with E-state index in [4.69, 9.17) is 4.74 Å². The van der Waals surface area contributed by atoms with Crippen LogP contribution in [-0.2, 0) is 20.9 Å². The molecule has 2 aromatic carbocycles. The number of ether oxygens (including phenoxy) is 2. The molecule has 136 valence electrons. The van der Waals surface area contributed by atoms with Gasteiger partial charge < -0.3 is 20.1 Å². The fourth-order valence-corrected chi connectivity index (χ4v) is 2.12. The van der Waals surface area contributed by atoms with Gasteiger partial charge in [-0.05, 0) is 29.8 Å². The Morgan fingerprint density at radius 1 is 1.00 bits per heavy atom. The van der Waals surface area contributed by atoms with E-state index in [1.807, 2.05) is 18.2 Å². The molecule has 0 aliphatic carbocycles. The monoisotopic (exact) mass is 356 g/mol. The van der Waals surface area contributed by atoms with Crippen LogP contribution in [0.4, 0.5) is 10.5 Å². The lowest BCUT2D eigenvalue weighted by Gasteiger charge is -2.08. The molecule has 2 aromatic rings. The van der Waals surface area contributed by atoms with Crippen LogP contribution < -0.4 is 10.6 Å². The molecule has 7 nitrogen and oxygen atoms in total. The number of benzene rings is 2. The lowest BCUT2D eigenvalue weighted by atomic mass is 10.1. The average molecular weight is 356 g/mol. The second kappa shape index (κ2) is 9.83. The highest BCUT2D eigenvalue weighted by Gasteiger charge is 2.08. The number of esters is 2. The first kappa shape index (κ1) is 19.0. The number of nitrogens with one attached hydrogen (secondary N) is 2. The third-order valence-electron chi connectivity index (χ3n) is 3.39. The zero-order chi connectivity index (χ0) is 18.8. The third-order valence-corrected chi connectivity index (χ3v) is 3.39. The molecule has 0 aromatic heterocycles. The molecule has 26 heavy (non-hydrogen) atoms. The molecule has 0 bridgehead atoms. The van der Waals surface area contributed by atoms with Crippen molar-refractivity contribution in [2.45, 2.75) is 13.0 Å². The zero-order valence-electron chi connectivity index (χ0n) is 14.4. The first-order chi connectivity index (χ1) is 12.6. The molecule has 0 aliphatic rings. The lowest BCUT2D eigenvalue weighted by molar-refractivity contribution is -0.144. The van der Waals surface area contributed by atoms with Gasteiger partial charge in [0.15, 0.2) is 0 Å². The van der Waals surface area contributed by atoms with Crippen LogP contribution in [0.5, 0.6) is 0 Å². The number of methoxy groups -OCH3 is 1. The summed E-state index contributed by atoms with van der Waals surface area (Å²) >= 11 is 0. The highest BCUT2D eigenvalue weighted by atomic mass is 16.5. The first-order valence-corrected chi connectivity index (χ1v) is 8.01. The Bertz CT molecular complexity index is 762. The first-order valence-electron chi connectivity index (χ1n) is 8.01. The van der Waals surface area contributed by atoms with Crippen LogP contribution in [0.1, 0.15) is 22.3 Å². The van der Waals surface area contributed by atoms with E-state index in [1.54, 1.807) is 36.4 Å². The number of hydrogen-bond acceptors (Lipinski definition) is 5. The summed E-state index contributed by atoms with van der Waals surface area (Å²) in [6.07, 6.45) is 0.0406. The molecule has 0 atom stereocenters. The van der Waals surface area contributed by atoms with Crippen molar-refractivity contribution in [2.75, 3.05) is 19.0 Å². The van der Waals surface area contributed by atoms with E-state index in [0.29, 0.717) is 16.8 Å². The fraction of sp³-hybridized carbons (Fsp3) is 0.211. The van der Waals surface area contributed by atoms with Gasteiger partial charge in [-0.1, -0.05) is 30.3 Å². The maximum Gasteiger partial charge on any atom is 0.337 e. The highest BCUT2D eigenvalue weighted by Crippen LogP contribution is 2.08. The van der Waals surface area contributed by atoms with Gasteiger partial charge in [0, 0.05) is 12.2 Å². The summed E-state index contributed by atoms with van der Waals surface area (Å²) in [6.45, 7) is 0.194. The number of hydrogen-bond donors (Lipinski definition) is 2. The van der Waals surface area contributed by atoms with E-state index < -0.39 is 18.0 Å². The Kier molecular flexibility index (Phi) is 7.17. The Balaban J connectivity index is 1.69. The van der Waals surface area contributed by atoms with Gasteiger partial charge in [-0.15, -0.1) is 0 Å². The van der Waals surface area contributed by atoms with Crippen molar-refractivity contribution in [1.82, 2.24) is 5.32 Å². The quantitative estimate of drug-likeness (QED) is 0.744. The second-order valence-corrected chi connectivity index (χ2v) is 5.35. The smallest absolute Gasteiger partial charge is 0.337 e. The van der Waals surface area contributed by atoms with E-state index >= 15 is 0 Å². The van der Waals surface area contributed by atoms with Gasteiger partial charge in [0.25, 0.3) is 0 Å². The predicted octanol–water partition coefficient (Wildman–Crippen LogP) is 2.73. The minimum absolute atomic E-state index is 0.0406. The van der Waals surface area contributed by atoms with Crippen molar-refractivity contribution >= 4 is 23.7 Å². The number of carbonyl (C=O) groups excluding carboxylic acids is 3. The van der Waals surface area contributed by atoms with Crippen LogP contribution in [0, 0.1) is 0 Å². The zero-order valence-corrected chi connectivity index (χ0v) is 14.4. The molecule has 2 N–H and O–H groups in total. The van der Waals surface area contributed by atoms with Crippen molar-refractivity contribution in [3.63, 3.8) is 0 Å². The summed E-state index contributed by atoms with van der Waals surface area (Å²) in [5.74, 6) is -0.903.